The first kappa shape index (κ1) is 13.2. The lowest BCUT2D eigenvalue weighted by molar-refractivity contribution is -0.385. The molecule has 100 valence electrons. The first-order valence-electron chi connectivity index (χ1n) is 5.99. The molecule has 2 atom stereocenters. The molecular formula is C12H14N4O3. The quantitative estimate of drug-likeness (QED) is 0.656. The molecule has 1 aromatic heterocycles. The molecule has 1 aliphatic carbocycles. The number of nitrogens with one attached hydrogen (secondary N) is 1. The van der Waals surface area contributed by atoms with Crippen molar-refractivity contribution in [1.29, 1.82) is 5.26 Å². The number of ether oxygens (including phenoxy) is 1. The Balaban J connectivity index is 2.21. The summed E-state index contributed by atoms with van der Waals surface area (Å²) in [5, 5.41) is 22.8. The first-order valence-corrected chi connectivity index (χ1v) is 5.99. The summed E-state index contributed by atoms with van der Waals surface area (Å²) < 4.78 is 5.35. The van der Waals surface area contributed by atoms with Crippen molar-refractivity contribution >= 4 is 11.5 Å². The van der Waals surface area contributed by atoms with Crippen LogP contribution in [0.15, 0.2) is 12.3 Å². The van der Waals surface area contributed by atoms with Gasteiger partial charge in [-0.05, 0) is 19.3 Å². The Kier molecular flexibility index (Phi) is 3.92. The van der Waals surface area contributed by atoms with Crippen LogP contribution in [0.2, 0.25) is 0 Å². The standard InChI is InChI=1S/C12H14N4O3/c1-19-11-4-2-3-10(11)15-12-8(6-13)5-9(7-14-12)16(17)18/h5,7,10-11H,2-4H2,1H3,(H,14,15). The van der Waals surface area contributed by atoms with E-state index in [4.69, 9.17) is 10.00 Å². The zero-order chi connectivity index (χ0) is 13.8. The van der Waals surface area contributed by atoms with Gasteiger partial charge in [-0.15, -0.1) is 0 Å². The molecule has 1 aliphatic rings. The molecule has 1 saturated carbocycles. The van der Waals surface area contributed by atoms with Crippen LogP contribution in [0.5, 0.6) is 0 Å². The molecule has 0 amide bonds. The average molecular weight is 262 g/mol. The van der Waals surface area contributed by atoms with Crippen molar-refractivity contribution in [1.82, 2.24) is 4.98 Å². The number of rotatable bonds is 4. The maximum Gasteiger partial charge on any atom is 0.289 e. The van der Waals surface area contributed by atoms with Gasteiger partial charge in [-0.2, -0.15) is 5.26 Å². The predicted molar refractivity (Wildman–Crippen MR) is 67.7 cm³/mol. The van der Waals surface area contributed by atoms with Crippen molar-refractivity contribution in [3.63, 3.8) is 0 Å². The van der Waals surface area contributed by atoms with Gasteiger partial charge in [0.15, 0.2) is 0 Å². The van der Waals surface area contributed by atoms with Crippen LogP contribution in [0.4, 0.5) is 11.5 Å². The molecule has 1 N–H and O–H groups in total. The summed E-state index contributed by atoms with van der Waals surface area (Å²) in [5.74, 6) is 0.377. The minimum Gasteiger partial charge on any atom is -0.379 e. The highest BCUT2D eigenvalue weighted by atomic mass is 16.6. The maximum absolute atomic E-state index is 10.6. The Bertz CT molecular complexity index is 526. The summed E-state index contributed by atoms with van der Waals surface area (Å²) in [6.07, 6.45) is 4.18. The second-order valence-electron chi connectivity index (χ2n) is 4.41. The lowest BCUT2D eigenvalue weighted by Gasteiger charge is -2.20. The molecule has 0 spiro atoms. The Morgan fingerprint density at radius 1 is 1.63 bits per heavy atom. The van der Waals surface area contributed by atoms with Gasteiger partial charge in [-0.25, -0.2) is 4.98 Å². The van der Waals surface area contributed by atoms with E-state index in [9.17, 15) is 10.1 Å². The van der Waals surface area contributed by atoms with Crippen molar-refractivity contribution < 1.29 is 9.66 Å². The molecule has 0 radical (unpaired) electrons. The molecule has 1 aromatic rings. The summed E-state index contributed by atoms with van der Waals surface area (Å²) in [7, 11) is 1.65. The largest absolute Gasteiger partial charge is 0.379 e. The van der Waals surface area contributed by atoms with Gasteiger partial charge in [-0.3, -0.25) is 10.1 Å². The minimum absolute atomic E-state index is 0.0866. The lowest BCUT2D eigenvalue weighted by atomic mass is 10.2. The number of anilines is 1. The molecule has 0 aromatic carbocycles. The average Bonchev–Trinajstić information content (AvgIpc) is 2.86. The van der Waals surface area contributed by atoms with E-state index in [1.54, 1.807) is 7.11 Å². The van der Waals surface area contributed by atoms with E-state index in [-0.39, 0.29) is 23.4 Å². The summed E-state index contributed by atoms with van der Waals surface area (Å²) >= 11 is 0. The van der Waals surface area contributed by atoms with Crippen LogP contribution in [0.3, 0.4) is 0 Å². The highest BCUT2D eigenvalue weighted by Crippen LogP contribution is 2.26. The van der Waals surface area contributed by atoms with Crippen LogP contribution < -0.4 is 5.32 Å². The van der Waals surface area contributed by atoms with Crippen LogP contribution in [-0.4, -0.2) is 29.2 Å². The SMILES string of the molecule is COC1CCCC1Nc1ncc([N+](=O)[O-])cc1C#N. The van der Waals surface area contributed by atoms with Crippen molar-refractivity contribution in [3.05, 3.63) is 27.9 Å². The van der Waals surface area contributed by atoms with Crippen molar-refractivity contribution in [2.24, 2.45) is 0 Å². The lowest BCUT2D eigenvalue weighted by Crippen LogP contribution is -2.30. The number of pyridine rings is 1. The third-order valence-corrected chi connectivity index (χ3v) is 3.28. The van der Waals surface area contributed by atoms with E-state index in [1.807, 2.05) is 6.07 Å². The molecule has 0 bridgehead atoms. The van der Waals surface area contributed by atoms with E-state index in [0.717, 1.165) is 25.5 Å². The fourth-order valence-corrected chi connectivity index (χ4v) is 2.30. The van der Waals surface area contributed by atoms with Crippen LogP contribution in [0.25, 0.3) is 0 Å². The Morgan fingerprint density at radius 2 is 2.42 bits per heavy atom. The van der Waals surface area contributed by atoms with Gasteiger partial charge in [0.2, 0.25) is 0 Å². The minimum atomic E-state index is -0.564. The summed E-state index contributed by atoms with van der Waals surface area (Å²) in [5.41, 5.74) is -0.00670. The van der Waals surface area contributed by atoms with Crippen LogP contribution in [0, 0.1) is 21.4 Å². The number of nitriles is 1. The van der Waals surface area contributed by atoms with E-state index < -0.39 is 4.92 Å². The molecular weight excluding hydrogens is 248 g/mol. The van der Waals surface area contributed by atoms with Crippen LogP contribution >= 0.6 is 0 Å². The zero-order valence-electron chi connectivity index (χ0n) is 10.5. The molecule has 19 heavy (non-hydrogen) atoms. The number of nitrogens with zero attached hydrogens (tertiary/aromatic N) is 3. The van der Waals surface area contributed by atoms with Crippen LogP contribution in [-0.2, 0) is 4.74 Å². The number of methoxy groups -OCH3 is 1. The predicted octanol–water partition coefficient (Wildman–Crippen LogP) is 1.84. The molecule has 1 fully saturated rings. The highest BCUT2D eigenvalue weighted by molar-refractivity contribution is 5.56. The Morgan fingerprint density at radius 3 is 3.05 bits per heavy atom. The van der Waals surface area contributed by atoms with Crippen LogP contribution in [0.1, 0.15) is 24.8 Å². The Hall–Kier alpha value is -2.20. The molecule has 2 unspecified atom stereocenters. The van der Waals surface area contributed by atoms with Gasteiger partial charge in [0.05, 0.1) is 17.1 Å². The van der Waals surface area contributed by atoms with Gasteiger partial charge in [0.1, 0.15) is 23.6 Å². The second kappa shape index (κ2) is 5.63. The molecule has 0 saturated heterocycles. The molecule has 7 nitrogen and oxygen atoms in total. The molecule has 0 aliphatic heterocycles. The maximum atomic E-state index is 10.6. The molecule has 2 rings (SSSR count). The van der Waals surface area contributed by atoms with E-state index in [1.165, 1.54) is 6.07 Å². The number of aromatic nitrogens is 1. The smallest absolute Gasteiger partial charge is 0.289 e. The number of hydrogen-bond donors (Lipinski definition) is 1. The topological polar surface area (TPSA) is 101 Å². The van der Waals surface area contributed by atoms with E-state index in [2.05, 4.69) is 10.3 Å². The summed E-state index contributed by atoms with van der Waals surface area (Å²) in [6.45, 7) is 0. The molecule has 7 heteroatoms. The fourth-order valence-electron chi connectivity index (χ4n) is 2.30. The number of nitro groups is 1. The fraction of sp³-hybridized carbons (Fsp3) is 0.500. The molecule has 1 heterocycles. The van der Waals surface area contributed by atoms with Gasteiger partial charge in [0.25, 0.3) is 5.69 Å². The van der Waals surface area contributed by atoms with Gasteiger partial charge in [-0.1, -0.05) is 0 Å². The normalized spacial score (nSPS) is 21.9. The van der Waals surface area contributed by atoms with Gasteiger partial charge < -0.3 is 10.1 Å². The number of hydrogen-bond acceptors (Lipinski definition) is 6. The van der Waals surface area contributed by atoms with Crippen molar-refractivity contribution in [2.45, 2.75) is 31.4 Å². The third-order valence-electron chi connectivity index (χ3n) is 3.28. The van der Waals surface area contributed by atoms with Gasteiger partial charge >= 0.3 is 0 Å². The highest BCUT2D eigenvalue weighted by Gasteiger charge is 2.28. The zero-order valence-corrected chi connectivity index (χ0v) is 10.5. The monoisotopic (exact) mass is 262 g/mol. The Labute approximate surface area is 110 Å². The summed E-state index contributed by atoms with van der Waals surface area (Å²) in [6, 6.07) is 3.24. The third kappa shape index (κ3) is 2.80. The van der Waals surface area contributed by atoms with Crippen molar-refractivity contribution in [3.8, 4) is 6.07 Å². The van der Waals surface area contributed by atoms with Crippen molar-refractivity contribution in [2.75, 3.05) is 12.4 Å². The second-order valence-corrected chi connectivity index (χ2v) is 4.41. The van der Waals surface area contributed by atoms with E-state index in [0.29, 0.717) is 5.82 Å². The summed E-state index contributed by atoms with van der Waals surface area (Å²) in [4.78, 5) is 14.0. The van der Waals surface area contributed by atoms with E-state index >= 15 is 0 Å². The van der Waals surface area contributed by atoms with Gasteiger partial charge in [0, 0.05) is 13.2 Å². The first-order chi connectivity index (χ1) is 9.15.